The van der Waals surface area contributed by atoms with E-state index in [9.17, 15) is 9.59 Å². The van der Waals surface area contributed by atoms with Gasteiger partial charge in [0.25, 0.3) is 0 Å². The molecule has 1 saturated carbocycles. The van der Waals surface area contributed by atoms with Crippen LogP contribution in [0.3, 0.4) is 0 Å². The molecule has 2 fully saturated rings. The van der Waals surface area contributed by atoms with Gasteiger partial charge < -0.3 is 9.64 Å². The van der Waals surface area contributed by atoms with Gasteiger partial charge in [0, 0.05) is 31.0 Å². The van der Waals surface area contributed by atoms with Crippen LogP contribution in [0, 0.1) is 11.8 Å². The number of amides is 1. The van der Waals surface area contributed by atoms with E-state index in [1.54, 1.807) is 7.11 Å². The summed E-state index contributed by atoms with van der Waals surface area (Å²) in [6.45, 7) is 1.44. The van der Waals surface area contributed by atoms with E-state index in [0.29, 0.717) is 6.42 Å². The zero-order chi connectivity index (χ0) is 17.6. The van der Waals surface area contributed by atoms with Gasteiger partial charge in [-0.2, -0.15) is 0 Å². The quantitative estimate of drug-likeness (QED) is 0.731. The predicted octanol–water partition coefficient (Wildman–Crippen LogP) is 4.09. The summed E-state index contributed by atoms with van der Waals surface area (Å²) in [5, 5.41) is 0. The fourth-order valence-electron chi connectivity index (χ4n) is 4.17. The number of piperidine rings is 1. The molecule has 3 rings (SSSR count). The van der Waals surface area contributed by atoms with Gasteiger partial charge in [0.05, 0.1) is 7.11 Å². The van der Waals surface area contributed by atoms with Crippen molar-refractivity contribution in [3.05, 3.63) is 29.8 Å². The number of ether oxygens (including phenoxy) is 1. The Hall–Kier alpha value is -1.84. The highest BCUT2D eigenvalue weighted by Crippen LogP contribution is 2.29. The van der Waals surface area contributed by atoms with Gasteiger partial charge >= 0.3 is 0 Å². The fourth-order valence-corrected chi connectivity index (χ4v) is 4.17. The van der Waals surface area contributed by atoms with Crippen LogP contribution in [-0.4, -0.2) is 36.8 Å². The molecule has 2 aliphatic rings. The number of carbonyl (C=O) groups excluding carboxylic acids is 2. The third-order valence-electron chi connectivity index (χ3n) is 5.83. The van der Waals surface area contributed by atoms with Gasteiger partial charge in [-0.15, -0.1) is 0 Å². The number of ketones is 1. The first-order valence-corrected chi connectivity index (χ1v) is 9.63. The number of carbonyl (C=O) groups is 2. The number of methoxy groups -OCH3 is 1. The largest absolute Gasteiger partial charge is 0.497 e. The van der Waals surface area contributed by atoms with Crippen LogP contribution in [-0.2, 0) is 4.79 Å². The molecule has 0 N–H and O–H groups in total. The summed E-state index contributed by atoms with van der Waals surface area (Å²) in [5.74, 6) is 2.03. The van der Waals surface area contributed by atoms with E-state index in [4.69, 9.17) is 4.74 Å². The topological polar surface area (TPSA) is 46.6 Å². The Morgan fingerprint density at radius 2 is 1.68 bits per heavy atom. The lowest BCUT2D eigenvalue weighted by Crippen LogP contribution is -2.40. The average Bonchev–Trinajstić information content (AvgIpc) is 3.19. The average molecular weight is 343 g/mol. The van der Waals surface area contributed by atoms with Crippen molar-refractivity contribution in [3.8, 4) is 5.75 Å². The highest BCUT2D eigenvalue weighted by Gasteiger charge is 2.28. The van der Waals surface area contributed by atoms with Gasteiger partial charge in [0.1, 0.15) is 5.75 Å². The molecule has 1 amide bonds. The molecule has 0 bridgehead atoms. The van der Waals surface area contributed by atoms with E-state index < -0.39 is 0 Å². The molecule has 1 heterocycles. The maximum atomic E-state index is 12.6. The van der Waals surface area contributed by atoms with Crippen molar-refractivity contribution in [2.75, 3.05) is 20.2 Å². The first kappa shape index (κ1) is 18.0. The molecule has 0 atom stereocenters. The molecule has 0 unspecified atom stereocenters. The predicted molar refractivity (Wildman–Crippen MR) is 97.8 cm³/mol. The minimum atomic E-state index is 0.0345. The van der Waals surface area contributed by atoms with Crippen molar-refractivity contribution in [3.63, 3.8) is 0 Å². The number of hydrogen-bond donors (Lipinski definition) is 0. The number of hydrogen-bond acceptors (Lipinski definition) is 3. The van der Waals surface area contributed by atoms with Crippen LogP contribution in [0.5, 0.6) is 5.75 Å². The Kier molecular flexibility index (Phi) is 6.11. The Labute approximate surface area is 150 Å². The third kappa shape index (κ3) is 4.62. The van der Waals surface area contributed by atoms with Crippen molar-refractivity contribution >= 4 is 11.7 Å². The summed E-state index contributed by atoms with van der Waals surface area (Å²) in [6, 6.07) is 7.32. The summed E-state index contributed by atoms with van der Waals surface area (Å²) in [5.41, 5.74) is 0.742. The molecule has 25 heavy (non-hydrogen) atoms. The van der Waals surface area contributed by atoms with Crippen molar-refractivity contribution < 1.29 is 14.3 Å². The summed E-state index contributed by atoms with van der Waals surface area (Å²) in [4.78, 5) is 27.0. The monoisotopic (exact) mass is 343 g/mol. The van der Waals surface area contributed by atoms with E-state index in [1.165, 1.54) is 25.7 Å². The van der Waals surface area contributed by atoms with Crippen molar-refractivity contribution in [2.24, 2.45) is 11.8 Å². The Morgan fingerprint density at radius 1 is 1.04 bits per heavy atom. The van der Waals surface area contributed by atoms with E-state index in [0.717, 1.165) is 49.6 Å². The van der Waals surface area contributed by atoms with Gasteiger partial charge in [-0.25, -0.2) is 0 Å². The number of rotatable bonds is 6. The second kappa shape index (κ2) is 8.50. The van der Waals surface area contributed by atoms with Gasteiger partial charge in [0.15, 0.2) is 5.78 Å². The zero-order valence-electron chi connectivity index (χ0n) is 15.2. The minimum Gasteiger partial charge on any atom is -0.497 e. The normalized spacial score (nSPS) is 19.2. The van der Waals surface area contributed by atoms with E-state index in [1.807, 2.05) is 29.2 Å². The lowest BCUT2D eigenvalue weighted by atomic mass is 9.88. The van der Waals surface area contributed by atoms with Crippen LogP contribution in [0.2, 0.25) is 0 Å². The molecule has 1 aromatic carbocycles. The Bertz CT molecular complexity index is 582. The molecule has 0 radical (unpaired) electrons. The van der Waals surface area contributed by atoms with Crippen molar-refractivity contribution in [1.29, 1.82) is 0 Å². The molecule has 4 heteroatoms. The molecule has 1 aliphatic carbocycles. The van der Waals surface area contributed by atoms with Crippen LogP contribution in [0.15, 0.2) is 24.3 Å². The maximum absolute atomic E-state index is 12.6. The molecule has 136 valence electrons. The maximum Gasteiger partial charge on any atom is 0.222 e. The van der Waals surface area contributed by atoms with E-state index in [2.05, 4.69) is 0 Å². The van der Waals surface area contributed by atoms with Crippen LogP contribution < -0.4 is 4.74 Å². The fraction of sp³-hybridized carbons (Fsp3) is 0.619. The SMILES string of the molecule is COc1ccc(C(=O)C2CCN(C(=O)CCC3CCCC3)CC2)cc1. The summed E-state index contributed by atoms with van der Waals surface area (Å²) >= 11 is 0. The Morgan fingerprint density at radius 3 is 2.28 bits per heavy atom. The summed E-state index contributed by atoms with van der Waals surface area (Å²) < 4.78 is 5.14. The smallest absolute Gasteiger partial charge is 0.222 e. The third-order valence-corrected chi connectivity index (χ3v) is 5.83. The number of Topliss-reactive ketones (excluding diaryl/α,β-unsaturated/α-hetero) is 1. The lowest BCUT2D eigenvalue weighted by molar-refractivity contribution is -0.132. The molecule has 1 aromatic rings. The van der Waals surface area contributed by atoms with Crippen LogP contribution in [0.1, 0.15) is 61.7 Å². The van der Waals surface area contributed by atoms with Crippen molar-refractivity contribution in [2.45, 2.75) is 51.4 Å². The van der Waals surface area contributed by atoms with Gasteiger partial charge in [-0.1, -0.05) is 25.7 Å². The molecule has 0 spiro atoms. The molecule has 1 saturated heterocycles. The number of likely N-dealkylation sites (tertiary alicyclic amines) is 1. The molecular weight excluding hydrogens is 314 g/mol. The van der Waals surface area contributed by atoms with Crippen LogP contribution in [0.4, 0.5) is 0 Å². The van der Waals surface area contributed by atoms with Crippen molar-refractivity contribution in [1.82, 2.24) is 4.90 Å². The second-order valence-electron chi connectivity index (χ2n) is 7.44. The van der Waals surface area contributed by atoms with Gasteiger partial charge in [-0.05, 0) is 49.4 Å². The number of nitrogens with zero attached hydrogens (tertiary/aromatic N) is 1. The molecule has 1 aliphatic heterocycles. The van der Waals surface area contributed by atoms with E-state index >= 15 is 0 Å². The number of benzene rings is 1. The lowest BCUT2D eigenvalue weighted by Gasteiger charge is -2.31. The molecular formula is C21H29NO3. The summed E-state index contributed by atoms with van der Waals surface area (Å²) in [7, 11) is 1.62. The minimum absolute atomic E-state index is 0.0345. The van der Waals surface area contributed by atoms with E-state index in [-0.39, 0.29) is 17.6 Å². The molecule has 0 aromatic heterocycles. The van der Waals surface area contributed by atoms with Gasteiger partial charge in [-0.3, -0.25) is 9.59 Å². The highest BCUT2D eigenvalue weighted by molar-refractivity contribution is 5.98. The highest BCUT2D eigenvalue weighted by atomic mass is 16.5. The summed E-state index contributed by atoms with van der Waals surface area (Å²) in [6.07, 6.45) is 8.54. The zero-order valence-corrected chi connectivity index (χ0v) is 15.2. The Balaban J connectivity index is 1.45. The second-order valence-corrected chi connectivity index (χ2v) is 7.44. The standard InChI is InChI=1S/C21H29NO3/c1-25-19-9-7-17(8-10-19)21(24)18-12-14-22(15-13-18)20(23)11-6-16-4-2-3-5-16/h7-10,16,18H,2-6,11-15H2,1H3. The molecule has 4 nitrogen and oxygen atoms in total. The first-order chi connectivity index (χ1) is 12.2. The van der Waals surface area contributed by atoms with Gasteiger partial charge in [0.2, 0.25) is 5.91 Å². The van der Waals surface area contributed by atoms with Crippen LogP contribution >= 0.6 is 0 Å². The first-order valence-electron chi connectivity index (χ1n) is 9.63. The van der Waals surface area contributed by atoms with Crippen LogP contribution in [0.25, 0.3) is 0 Å².